The molecular formula is C22H31IN4. The Bertz CT molecular complexity index is 751. The summed E-state index contributed by atoms with van der Waals surface area (Å²) in [5.74, 6) is 1.32. The lowest BCUT2D eigenvalue weighted by molar-refractivity contribution is 0.185. The predicted octanol–water partition coefficient (Wildman–Crippen LogP) is 4.77. The van der Waals surface area contributed by atoms with Gasteiger partial charge in [0.1, 0.15) is 0 Å². The van der Waals surface area contributed by atoms with Gasteiger partial charge in [-0.25, -0.2) is 4.99 Å². The van der Waals surface area contributed by atoms with E-state index < -0.39 is 0 Å². The topological polar surface area (TPSA) is 53.6 Å². The van der Waals surface area contributed by atoms with Gasteiger partial charge >= 0.3 is 0 Å². The molecule has 0 radical (unpaired) electrons. The molecule has 0 atom stereocenters. The van der Waals surface area contributed by atoms with E-state index in [4.69, 9.17) is 5.73 Å². The Balaban J connectivity index is 0.00000261. The number of likely N-dealkylation sites (tertiary alicyclic amines) is 1. The van der Waals surface area contributed by atoms with Crippen LogP contribution in [0.3, 0.4) is 0 Å². The van der Waals surface area contributed by atoms with Gasteiger partial charge in [-0.1, -0.05) is 43.3 Å². The normalized spacial score (nSPS) is 16.0. The Morgan fingerprint density at radius 3 is 2.52 bits per heavy atom. The van der Waals surface area contributed by atoms with Crippen LogP contribution >= 0.6 is 24.0 Å². The van der Waals surface area contributed by atoms with Gasteiger partial charge in [-0.05, 0) is 67.6 Å². The summed E-state index contributed by atoms with van der Waals surface area (Å²) in [6.07, 6.45) is 2.60. The highest BCUT2D eigenvalue weighted by Gasteiger charge is 2.16. The van der Waals surface area contributed by atoms with Crippen LogP contribution in [0, 0.1) is 12.8 Å². The summed E-state index contributed by atoms with van der Waals surface area (Å²) in [6.45, 7) is 8.40. The first-order valence-corrected chi connectivity index (χ1v) is 9.53. The SMILES string of the molecule is Cc1cccc(NC(N)=NCc2ccccc2CN2CCC(C)CC2)c1.I. The van der Waals surface area contributed by atoms with Gasteiger partial charge in [-0.15, -0.1) is 24.0 Å². The number of nitrogens with zero attached hydrogens (tertiary/aromatic N) is 2. The minimum absolute atomic E-state index is 0. The van der Waals surface area contributed by atoms with Gasteiger partial charge in [-0.2, -0.15) is 0 Å². The van der Waals surface area contributed by atoms with Crippen LogP contribution in [-0.2, 0) is 13.1 Å². The van der Waals surface area contributed by atoms with E-state index in [1.807, 2.05) is 12.1 Å². The van der Waals surface area contributed by atoms with Crippen LogP contribution in [0.4, 0.5) is 5.69 Å². The van der Waals surface area contributed by atoms with E-state index in [2.05, 4.69) is 65.5 Å². The molecule has 1 aliphatic rings. The smallest absolute Gasteiger partial charge is 0.193 e. The van der Waals surface area contributed by atoms with Gasteiger partial charge in [-0.3, -0.25) is 4.90 Å². The van der Waals surface area contributed by atoms with E-state index in [0.29, 0.717) is 12.5 Å². The lowest BCUT2D eigenvalue weighted by Gasteiger charge is -2.30. The molecule has 1 heterocycles. The van der Waals surface area contributed by atoms with Crippen LogP contribution in [0.1, 0.15) is 36.5 Å². The van der Waals surface area contributed by atoms with Crippen molar-refractivity contribution in [2.75, 3.05) is 18.4 Å². The molecule has 0 aliphatic carbocycles. The fourth-order valence-electron chi connectivity index (χ4n) is 3.41. The zero-order valence-electron chi connectivity index (χ0n) is 16.3. The summed E-state index contributed by atoms with van der Waals surface area (Å²) in [5, 5.41) is 3.18. The second kappa shape index (κ2) is 10.7. The standard InChI is InChI=1S/C22H30N4.HI/c1-17-10-12-26(13-11-17)16-20-8-4-3-7-19(20)15-24-22(23)25-21-9-5-6-18(2)14-21;/h3-9,14,17H,10-13,15-16H2,1-2H3,(H3,23,24,25);1H. The molecule has 0 bridgehead atoms. The summed E-state index contributed by atoms with van der Waals surface area (Å²) in [4.78, 5) is 7.10. The van der Waals surface area contributed by atoms with E-state index in [1.165, 1.54) is 42.6 Å². The Hall–Kier alpha value is -1.60. The second-order valence-electron chi connectivity index (χ2n) is 7.42. The average molecular weight is 478 g/mol. The molecule has 1 saturated heterocycles. The highest BCUT2D eigenvalue weighted by Crippen LogP contribution is 2.20. The summed E-state index contributed by atoms with van der Waals surface area (Å²) in [7, 11) is 0. The number of benzene rings is 2. The monoisotopic (exact) mass is 478 g/mol. The van der Waals surface area contributed by atoms with Crippen molar-refractivity contribution < 1.29 is 0 Å². The number of anilines is 1. The zero-order chi connectivity index (χ0) is 18.4. The van der Waals surface area contributed by atoms with Gasteiger partial charge in [0.15, 0.2) is 5.96 Å². The molecule has 3 rings (SSSR count). The Morgan fingerprint density at radius 1 is 1.11 bits per heavy atom. The minimum Gasteiger partial charge on any atom is -0.370 e. The van der Waals surface area contributed by atoms with Crippen molar-refractivity contribution in [3.05, 3.63) is 65.2 Å². The second-order valence-corrected chi connectivity index (χ2v) is 7.42. The summed E-state index contributed by atoms with van der Waals surface area (Å²) >= 11 is 0. The Morgan fingerprint density at radius 2 is 1.81 bits per heavy atom. The Kier molecular flexibility index (Phi) is 8.57. The van der Waals surface area contributed by atoms with Crippen LogP contribution in [0.2, 0.25) is 0 Å². The van der Waals surface area contributed by atoms with Gasteiger partial charge in [0.05, 0.1) is 6.54 Å². The summed E-state index contributed by atoms with van der Waals surface area (Å²) in [6, 6.07) is 16.7. The lowest BCUT2D eigenvalue weighted by Crippen LogP contribution is -2.32. The van der Waals surface area contributed by atoms with Crippen LogP contribution in [-0.4, -0.2) is 23.9 Å². The number of nitrogens with one attached hydrogen (secondary N) is 1. The number of aliphatic imine (C=N–C) groups is 1. The number of guanidine groups is 1. The third kappa shape index (κ3) is 6.81. The van der Waals surface area contributed by atoms with Crippen LogP contribution in [0.25, 0.3) is 0 Å². The maximum absolute atomic E-state index is 6.08. The molecule has 0 amide bonds. The third-order valence-corrected chi connectivity index (χ3v) is 5.10. The van der Waals surface area contributed by atoms with Crippen molar-refractivity contribution in [2.24, 2.45) is 16.6 Å². The van der Waals surface area contributed by atoms with E-state index in [1.54, 1.807) is 0 Å². The van der Waals surface area contributed by atoms with Crippen LogP contribution in [0.15, 0.2) is 53.5 Å². The molecule has 4 nitrogen and oxygen atoms in total. The summed E-state index contributed by atoms with van der Waals surface area (Å²) in [5.41, 5.74) is 10.9. The van der Waals surface area contributed by atoms with Gasteiger partial charge in [0, 0.05) is 12.2 Å². The maximum Gasteiger partial charge on any atom is 0.193 e. The number of piperidine rings is 1. The molecule has 1 fully saturated rings. The molecule has 3 N–H and O–H groups in total. The number of hydrogen-bond acceptors (Lipinski definition) is 2. The number of rotatable bonds is 5. The largest absolute Gasteiger partial charge is 0.370 e. The first-order chi connectivity index (χ1) is 12.6. The molecule has 1 aliphatic heterocycles. The first-order valence-electron chi connectivity index (χ1n) is 9.53. The molecule has 2 aromatic carbocycles. The van der Waals surface area contributed by atoms with Crippen molar-refractivity contribution in [3.8, 4) is 0 Å². The Labute approximate surface area is 180 Å². The van der Waals surface area contributed by atoms with Crippen molar-refractivity contribution in [3.63, 3.8) is 0 Å². The summed E-state index contributed by atoms with van der Waals surface area (Å²) < 4.78 is 0. The number of aryl methyl sites for hydroxylation is 1. The average Bonchev–Trinajstić information content (AvgIpc) is 2.63. The van der Waals surface area contributed by atoms with Crippen molar-refractivity contribution in [1.29, 1.82) is 0 Å². The van der Waals surface area contributed by atoms with Crippen molar-refractivity contribution >= 4 is 35.6 Å². The number of halogens is 1. The van der Waals surface area contributed by atoms with Gasteiger partial charge in [0.25, 0.3) is 0 Å². The van der Waals surface area contributed by atoms with E-state index in [-0.39, 0.29) is 24.0 Å². The molecule has 27 heavy (non-hydrogen) atoms. The molecule has 0 unspecified atom stereocenters. The highest BCUT2D eigenvalue weighted by molar-refractivity contribution is 14.0. The molecule has 0 saturated carbocycles. The van der Waals surface area contributed by atoms with E-state index >= 15 is 0 Å². The predicted molar refractivity (Wildman–Crippen MR) is 126 cm³/mol. The minimum atomic E-state index is 0. The van der Waals surface area contributed by atoms with E-state index in [9.17, 15) is 0 Å². The van der Waals surface area contributed by atoms with Gasteiger partial charge < -0.3 is 11.1 Å². The fraction of sp³-hybridized carbons (Fsp3) is 0.409. The lowest BCUT2D eigenvalue weighted by atomic mass is 9.98. The fourth-order valence-corrected chi connectivity index (χ4v) is 3.41. The molecule has 0 spiro atoms. The van der Waals surface area contributed by atoms with Crippen molar-refractivity contribution in [1.82, 2.24) is 4.90 Å². The molecule has 5 heteroatoms. The molecule has 146 valence electrons. The molecular weight excluding hydrogens is 447 g/mol. The highest BCUT2D eigenvalue weighted by atomic mass is 127. The third-order valence-electron chi connectivity index (χ3n) is 5.10. The zero-order valence-corrected chi connectivity index (χ0v) is 18.6. The first kappa shape index (κ1) is 21.7. The van der Waals surface area contributed by atoms with Crippen LogP contribution in [0.5, 0.6) is 0 Å². The maximum atomic E-state index is 6.08. The van der Waals surface area contributed by atoms with Crippen molar-refractivity contribution in [2.45, 2.75) is 39.8 Å². The number of hydrogen-bond donors (Lipinski definition) is 2. The van der Waals surface area contributed by atoms with Crippen LogP contribution < -0.4 is 11.1 Å². The van der Waals surface area contributed by atoms with Gasteiger partial charge in [0.2, 0.25) is 0 Å². The quantitative estimate of drug-likeness (QED) is 0.370. The number of nitrogens with two attached hydrogens (primary N) is 1. The van der Waals surface area contributed by atoms with E-state index in [0.717, 1.165) is 18.2 Å². The molecule has 0 aromatic heterocycles. The molecule has 2 aromatic rings.